The topological polar surface area (TPSA) is 81.9 Å². The molecule has 0 aliphatic heterocycles. The van der Waals surface area contributed by atoms with Crippen molar-refractivity contribution in [3.8, 4) is 0 Å². The largest absolute Gasteiger partial charge is 0.399 e. The van der Waals surface area contributed by atoms with E-state index in [1.807, 2.05) is 55.5 Å². The van der Waals surface area contributed by atoms with Crippen LogP contribution in [0.2, 0.25) is 0 Å². The highest BCUT2D eigenvalue weighted by Gasteiger charge is 2.09. The van der Waals surface area contributed by atoms with Gasteiger partial charge in [0.05, 0.1) is 11.4 Å². The van der Waals surface area contributed by atoms with Crippen molar-refractivity contribution >= 4 is 11.4 Å². The van der Waals surface area contributed by atoms with E-state index in [0.29, 0.717) is 12.3 Å². The molecule has 0 N–H and O–H groups in total. The molecule has 3 rings (SSSR count). The molecule has 0 amide bonds. The number of hydrogen-bond donors (Lipinski definition) is 0. The number of nitrogens with zero attached hydrogens (tertiary/aromatic N) is 5. The Labute approximate surface area is 170 Å². The Kier molecular flexibility index (Phi) is 7.40. The van der Waals surface area contributed by atoms with Crippen molar-refractivity contribution in [2.24, 2.45) is 10.3 Å². The standard InChI is InChI=1S/C22H23N5O2/c1-17(26-28-2)20-10-5-7-19(25-20)8-6-16-29-27-22(18-11-14-23-15-12-18)21-9-3-4-13-24-21/h3-5,7,9-15H,6,8,16H2,1-2H3. The number of pyridine rings is 3. The zero-order valence-electron chi connectivity index (χ0n) is 16.5. The van der Waals surface area contributed by atoms with Gasteiger partial charge < -0.3 is 9.68 Å². The maximum atomic E-state index is 5.60. The molecule has 0 aliphatic rings. The number of aryl methyl sites for hydroxylation is 1. The van der Waals surface area contributed by atoms with Crippen LogP contribution >= 0.6 is 0 Å². The van der Waals surface area contributed by atoms with Crippen LogP contribution in [0.4, 0.5) is 0 Å². The third-order valence-electron chi connectivity index (χ3n) is 4.09. The first kappa shape index (κ1) is 20.1. The summed E-state index contributed by atoms with van der Waals surface area (Å²) in [6.07, 6.45) is 6.74. The maximum Gasteiger partial charge on any atom is 0.135 e. The van der Waals surface area contributed by atoms with Crippen LogP contribution in [0, 0.1) is 0 Å². The van der Waals surface area contributed by atoms with Gasteiger partial charge in [0.15, 0.2) is 0 Å². The first-order chi connectivity index (χ1) is 14.3. The van der Waals surface area contributed by atoms with Crippen LogP contribution in [-0.4, -0.2) is 40.1 Å². The summed E-state index contributed by atoms with van der Waals surface area (Å²) in [5, 5.41) is 8.26. The van der Waals surface area contributed by atoms with Gasteiger partial charge >= 0.3 is 0 Å². The summed E-state index contributed by atoms with van der Waals surface area (Å²) >= 11 is 0. The molecular weight excluding hydrogens is 366 g/mol. The number of rotatable bonds is 9. The zero-order chi connectivity index (χ0) is 20.3. The Bertz CT molecular complexity index is 918. The molecule has 3 aromatic rings. The van der Waals surface area contributed by atoms with Crippen LogP contribution in [0.25, 0.3) is 0 Å². The molecule has 0 aromatic carbocycles. The Morgan fingerprint density at radius 1 is 0.931 bits per heavy atom. The summed E-state index contributed by atoms with van der Waals surface area (Å²) < 4.78 is 0. The van der Waals surface area contributed by atoms with Crippen molar-refractivity contribution in [3.05, 3.63) is 89.8 Å². The van der Waals surface area contributed by atoms with Gasteiger partial charge in [0, 0.05) is 29.8 Å². The summed E-state index contributed by atoms with van der Waals surface area (Å²) in [6, 6.07) is 15.3. The molecule has 3 heterocycles. The first-order valence-corrected chi connectivity index (χ1v) is 9.33. The van der Waals surface area contributed by atoms with E-state index in [1.54, 1.807) is 18.6 Å². The van der Waals surface area contributed by atoms with Gasteiger partial charge in [-0.25, -0.2) is 0 Å². The van der Waals surface area contributed by atoms with E-state index in [9.17, 15) is 0 Å². The van der Waals surface area contributed by atoms with Crippen molar-refractivity contribution in [2.45, 2.75) is 19.8 Å². The molecule has 148 valence electrons. The lowest BCUT2D eigenvalue weighted by Crippen LogP contribution is -2.07. The van der Waals surface area contributed by atoms with Gasteiger partial charge in [-0.1, -0.05) is 22.4 Å². The molecule has 0 unspecified atom stereocenters. The Morgan fingerprint density at radius 2 is 1.76 bits per heavy atom. The average Bonchev–Trinajstić information content (AvgIpc) is 2.78. The summed E-state index contributed by atoms with van der Waals surface area (Å²) in [4.78, 5) is 23.4. The Balaban J connectivity index is 1.61. The Hall–Kier alpha value is -3.61. The molecular formula is C22H23N5O2. The zero-order valence-corrected chi connectivity index (χ0v) is 16.5. The maximum absolute atomic E-state index is 5.60. The van der Waals surface area contributed by atoms with Crippen molar-refractivity contribution in [3.63, 3.8) is 0 Å². The predicted molar refractivity (Wildman–Crippen MR) is 112 cm³/mol. The summed E-state index contributed by atoms with van der Waals surface area (Å²) in [6.45, 7) is 2.34. The molecule has 0 radical (unpaired) electrons. The second-order valence-corrected chi connectivity index (χ2v) is 6.20. The average molecular weight is 389 g/mol. The fraction of sp³-hybridized carbons (Fsp3) is 0.227. The van der Waals surface area contributed by atoms with E-state index in [2.05, 4.69) is 25.3 Å². The molecule has 7 nitrogen and oxygen atoms in total. The SMILES string of the molecule is CON=C(C)c1cccc(CCCON=C(c2ccncc2)c2ccccn2)n1. The molecule has 0 bridgehead atoms. The van der Waals surface area contributed by atoms with Crippen LogP contribution < -0.4 is 0 Å². The fourth-order valence-corrected chi connectivity index (χ4v) is 2.69. The minimum atomic E-state index is 0.471. The Morgan fingerprint density at radius 3 is 2.52 bits per heavy atom. The third kappa shape index (κ3) is 5.93. The van der Waals surface area contributed by atoms with Gasteiger partial charge in [-0.15, -0.1) is 0 Å². The smallest absolute Gasteiger partial charge is 0.135 e. The lowest BCUT2D eigenvalue weighted by Gasteiger charge is -2.07. The molecule has 0 saturated carbocycles. The molecule has 0 fully saturated rings. The van der Waals surface area contributed by atoms with Crippen LogP contribution in [0.3, 0.4) is 0 Å². The molecule has 0 saturated heterocycles. The van der Waals surface area contributed by atoms with Crippen molar-refractivity contribution in [1.29, 1.82) is 0 Å². The van der Waals surface area contributed by atoms with E-state index in [1.165, 1.54) is 7.11 Å². The highest BCUT2D eigenvalue weighted by molar-refractivity contribution is 6.11. The van der Waals surface area contributed by atoms with Crippen molar-refractivity contribution < 1.29 is 9.68 Å². The van der Waals surface area contributed by atoms with E-state index < -0.39 is 0 Å². The van der Waals surface area contributed by atoms with E-state index in [0.717, 1.165) is 41.2 Å². The first-order valence-electron chi connectivity index (χ1n) is 9.33. The van der Waals surface area contributed by atoms with E-state index >= 15 is 0 Å². The van der Waals surface area contributed by atoms with Gasteiger partial charge in [-0.2, -0.15) is 0 Å². The molecule has 0 aliphatic carbocycles. The van der Waals surface area contributed by atoms with Gasteiger partial charge in [0.2, 0.25) is 0 Å². The highest BCUT2D eigenvalue weighted by Crippen LogP contribution is 2.09. The van der Waals surface area contributed by atoms with Crippen molar-refractivity contribution in [1.82, 2.24) is 15.0 Å². The third-order valence-corrected chi connectivity index (χ3v) is 4.09. The monoisotopic (exact) mass is 389 g/mol. The minimum Gasteiger partial charge on any atom is -0.399 e. The summed E-state index contributed by atoms with van der Waals surface area (Å²) in [7, 11) is 1.52. The number of hydrogen-bond acceptors (Lipinski definition) is 7. The van der Waals surface area contributed by atoms with Gasteiger partial charge in [-0.3, -0.25) is 15.0 Å². The van der Waals surface area contributed by atoms with E-state index in [-0.39, 0.29) is 0 Å². The molecule has 3 aromatic heterocycles. The summed E-state index contributed by atoms with van der Waals surface area (Å²) in [5.41, 5.74) is 4.85. The predicted octanol–water partition coefficient (Wildman–Crippen LogP) is 3.64. The van der Waals surface area contributed by atoms with Crippen LogP contribution in [-0.2, 0) is 16.1 Å². The lowest BCUT2D eigenvalue weighted by atomic mass is 10.1. The van der Waals surface area contributed by atoms with Gasteiger partial charge in [0.1, 0.15) is 25.1 Å². The molecule has 0 atom stereocenters. The van der Waals surface area contributed by atoms with Gasteiger partial charge in [0.25, 0.3) is 0 Å². The summed E-state index contributed by atoms with van der Waals surface area (Å²) in [5.74, 6) is 0. The molecule has 0 spiro atoms. The van der Waals surface area contributed by atoms with Crippen LogP contribution in [0.5, 0.6) is 0 Å². The van der Waals surface area contributed by atoms with Crippen LogP contribution in [0.15, 0.2) is 77.4 Å². The quantitative estimate of drug-likeness (QED) is 0.317. The van der Waals surface area contributed by atoms with Gasteiger partial charge in [-0.05, 0) is 56.2 Å². The number of aromatic nitrogens is 3. The number of oxime groups is 2. The molecule has 7 heteroatoms. The normalized spacial score (nSPS) is 11.9. The van der Waals surface area contributed by atoms with Crippen LogP contribution in [0.1, 0.15) is 36.0 Å². The van der Waals surface area contributed by atoms with E-state index in [4.69, 9.17) is 9.68 Å². The highest BCUT2D eigenvalue weighted by atomic mass is 16.6. The molecule has 29 heavy (non-hydrogen) atoms. The fourth-order valence-electron chi connectivity index (χ4n) is 2.69. The second kappa shape index (κ2) is 10.7. The minimum absolute atomic E-state index is 0.471. The second-order valence-electron chi connectivity index (χ2n) is 6.20. The van der Waals surface area contributed by atoms with Crippen molar-refractivity contribution in [2.75, 3.05) is 13.7 Å². The lowest BCUT2D eigenvalue weighted by molar-refractivity contribution is 0.142.